The highest BCUT2D eigenvalue weighted by molar-refractivity contribution is 5.24. The summed E-state index contributed by atoms with van der Waals surface area (Å²) >= 11 is 0. The van der Waals surface area contributed by atoms with Crippen molar-refractivity contribution in [1.82, 2.24) is 5.16 Å². The van der Waals surface area contributed by atoms with Crippen molar-refractivity contribution in [2.75, 3.05) is 0 Å². The van der Waals surface area contributed by atoms with Gasteiger partial charge in [-0.05, 0) is 13.8 Å². The zero-order valence-corrected chi connectivity index (χ0v) is 7.86. The van der Waals surface area contributed by atoms with E-state index in [2.05, 4.69) is 25.9 Å². The number of aromatic nitrogens is 1. The first-order chi connectivity index (χ1) is 4.93. The molecule has 0 saturated heterocycles. The number of nitrogens with zero attached hydrogens (tertiary/aromatic N) is 1. The first-order valence-corrected chi connectivity index (χ1v) is 3.86. The largest absolute Gasteiger partial charge is 0.360 e. The van der Waals surface area contributed by atoms with E-state index in [9.17, 15) is 0 Å². The maximum atomic E-state index is 5.21. The summed E-state index contributed by atoms with van der Waals surface area (Å²) in [6.45, 7) is 10.4. The average molecular weight is 153 g/mol. The summed E-state index contributed by atoms with van der Waals surface area (Å²) < 4.78 is 5.21. The van der Waals surface area contributed by atoms with Gasteiger partial charge in [0, 0.05) is 11.0 Å². The Morgan fingerprint density at radius 3 is 1.91 bits per heavy atom. The molecule has 1 heterocycles. The van der Waals surface area contributed by atoms with Crippen LogP contribution in [0.4, 0.5) is 0 Å². The van der Waals surface area contributed by atoms with E-state index in [1.807, 2.05) is 13.8 Å². The third kappa shape index (κ3) is 1.44. The maximum Gasteiger partial charge on any atom is 0.145 e. The van der Waals surface area contributed by atoms with Crippen molar-refractivity contribution in [3.8, 4) is 0 Å². The quantitative estimate of drug-likeness (QED) is 0.572. The lowest BCUT2D eigenvalue weighted by molar-refractivity contribution is 0.326. The summed E-state index contributed by atoms with van der Waals surface area (Å²) in [5.74, 6) is 0.995. The highest BCUT2D eigenvalue weighted by Gasteiger charge is 2.22. The molecule has 0 saturated carbocycles. The molecule has 0 spiro atoms. The van der Waals surface area contributed by atoms with Crippen LogP contribution in [0.5, 0.6) is 0 Å². The lowest BCUT2D eigenvalue weighted by Crippen LogP contribution is -2.11. The standard InChI is InChI=1S/C9H15NO/c1-6-7(2)10-11-8(6)9(3,4)5/h1-5H3. The predicted octanol–water partition coefficient (Wildman–Crippen LogP) is 2.59. The van der Waals surface area contributed by atoms with Crippen molar-refractivity contribution < 1.29 is 4.52 Å². The molecule has 0 N–H and O–H groups in total. The molecule has 2 heteroatoms. The third-order valence-electron chi connectivity index (χ3n) is 1.84. The van der Waals surface area contributed by atoms with Gasteiger partial charge in [-0.3, -0.25) is 0 Å². The minimum atomic E-state index is 0.0747. The van der Waals surface area contributed by atoms with Crippen LogP contribution >= 0.6 is 0 Å². The van der Waals surface area contributed by atoms with Crippen LogP contribution in [0, 0.1) is 13.8 Å². The Hall–Kier alpha value is -0.790. The van der Waals surface area contributed by atoms with Gasteiger partial charge in [0.25, 0.3) is 0 Å². The van der Waals surface area contributed by atoms with E-state index in [-0.39, 0.29) is 5.41 Å². The molecule has 0 aromatic carbocycles. The highest BCUT2D eigenvalue weighted by Crippen LogP contribution is 2.26. The fraction of sp³-hybridized carbons (Fsp3) is 0.667. The van der Waals surface area contributed by atoms with E-state index in [0.717, 1.165) is 11.5 Å². The van der Waals surface area contributed by atoms with E-state index in [0.29, 0.717) is 0 Å². The van der Waals surface area contributed by atoms with Crippen LogP contribution in [0.1, 0.15) is 37.8 Å². The van der Waals surface area contributed by atoms with Gasteiger partial charge in [0.15, 0.2) is 0 Å². The second-order valence-corrected chi connectivity index (χ2v) is 3.97. The van der Waals surface area contributed by atoms with Gasteiger partial charge in [-0.25, -0.2) is 0 Å². The van der Waals surface area contributed by atoms with Crippen molar-refractivity contribution in [3.63, 3.8) is 0 Å². The lowest BCUT2D eigenvalue weighted by Gasteiger charge is -2.14. The van der Waals surface area contributed by atoms with Crippen LogP contribution in [0.25, 0.3) is 0 Å². The fourth-order valence-corrected chi connectivity index (χ4v) is 1.11. The molecule has 0 aliphatic heterocycles. The second kappa shape index (κ2) is 2.36. The molecule has 0 aliphatic carbocycles. The number of rotatable bonds is 0. The molecule has 0 unspecified atom stereocenters. The van der Waals surface area contributed by atoms with Crippen LogP contribution in [-0.2, 0) is 5.41 Å². The van der Waals surface area contributed by atoms with Gasteiger partial charge in [0.2, 0.25) is 0 Å². The maximum absolute atomic E-state index is 5.21. The van der Waals surface area contributed by atoms with Crippen molar-refractivity contribution in [1.29, 1.82) is 0 Å². The Morgan fingerprint density at radius 1 is 1.18 bits per heavy atom. The number of hydrogen-bond donors (Lipinski definition) is 0. The fourth-order valence-electron chi connectivity index (χ4n) is 1.11. The highest BCUT2D eigenvalue weighted by atomic mass is 16.5. The van der Waals surface area contributed by atoms with Gasteiger partial charge >= 0.3 is 0 Å². The topological polar surface area (TPSA) is 26.0 Å². The molecular weight excluding hydrogens is 138 g/mol. The number of aryl methyl sites for hydroxylation is 1. The number of hydrogen-bond acceptors (Lipinski definition) is 2. The summed E-state index contributed by atoms with van der Waals surface area (Å²) in [5, 5.41) is 3.91. The van der Waals surface area contributed by atoms with Gasteiger partial charge in [-0.2, -0.15) is 0 Å². The van der Waals surface area contributed by atoms with E-state index in [1.54, 1.807) is 0 Å². The van der Waals surface area contributed by atoms with Gasteiger partial charge in [0.1, 0.15) is 5.76 Å². The molecule has 0 aliphatic rings. The van der Waals surface area contributed by atoms with Crippen molar-refractivity contribution in [2.24, 2.45) is 0 Å². The normalized spacial score (nSPS) is 12.1. The van der Waals surface area contributed by atoms with Crippen LogP contribution in [0.3, 0.4) is 0 Å². The van der Waals surface area contributed by atoms with Crippen LogP contribution < -0.4 is 0 Å². The summed E-state index contributed by atoms with van der Waals surface area (Å²) in [5.41, 5.74) is 2.25. The molecule has 1 rings (SSSR count). The lowest BCUT2D eigenvalue weighted by atomic mass is 9.90. The first-order valence-electron chi connectivity index (χ1n) is 3.86. The smallest absolute Gasteiger partial charge is 0.145 e. The molecule has 2 nitrogen and oxygen atoms in total. The Labute approximate surface area is 67.6 Å². The van der Waals surface area contributed by atoms with Crippen molar-refractivity contribution in [2.45, 2.75) is 40.0 Å². The van der Waals surface area contributed by atoms with Crippen LogP contribution in [-0.4, -0.2) is 5.16 Å². The Bertz CT molecular complexity index is 255. The molecule has 1 aromatic heterocycles. The molecule has 1 aromatic rings. The molecule has 0 radical (unpaired) electrons. The molecule has 0 atom stereocenters. The Balaban J connectivity index is 3.15. The zero-order valence-electron chi connectivity index (χ0n) is 7.86. The summed E-state index contributed by atoms with van der Waals surface area (Å²) in [6.07, 6.45) is 0. The monoisotopic (exact) mass is 153 g/mol. The van der Waals surface area contributed by atoms with E-state index in [4.69, 9.17) is 4.52 Å². The summed E-state index contributed by atoms with van der Waals surface area (Å²) in [6, 6.07) is 0. The SMILES string of the molecule is Cc1noc(C(C)(C)C)c1C. The predicted molar refractivity (Wildman–Crippen MR) is 44.7 cm³/mol. The van der Waals surface area contributed by atoms with E-state index >= 15 is 0 Å². The van der Waals surface area contributed by atoms with Crippen LogP contribution in [0.15, 0.2) is 4.52 Å². The van der Waals surface area contributed by atoms with Crippen LogP contribution in [0.2, 0.25) is 0 Å². The summed E-state index contributed by atoms with van der Waals surface area (Å²) in [7, 11) is 0. The zero-order chi connectivity index (χ0) is 8.65. The average Bonchev–Trinajstić information content (AvgIpc) is 2.11. The van der Waals surface area contributed by atoms with Crippen molar-refractivity contribution in [3.05, 3.63) is 17.0 Å². The molecular formula is C9H15NO. The summed E-state index contributed by atoms with van der Waals surface area (Å²) in [4.78, 5) is 0. The molecule has 0 amide bonds. The second-order valence-electron chi connectivity index (χ2n) is 3.97. The van der Waals surface area contributed by atoms with E-state index < -0.39 is 0 Å². The molecule has 62 valence electrons. The molecule has 0 bridgehead atoms. The van der Waals surface area contributed by atoms with Crippen molar-refractivity contribution >= 4 is 0 Å². The van der Waals surface area contributed by atoms with Gasteiger partial charge in [-0.1, -0.05) is 25.9 Å². The minimum Gasteiger partial charge on any atom is -0.360 e. The Kier molecular flexibility index (Phi) is 1.78. The van der Waals surface area contributed by atoms with Gasteiger partial charge in [-0.15, -0.1) is 0 Å². The minimum absolute atomic E-state index is 0.0747. The molecule has 11 heavy (non-hydrogen) atoms. The van der Waals surface area contributed by atoms with Gasteiger partial charge in [0.05, 0.1) is 5.69 Å². The van der Waals surface area contributed by atoms with Gasteiger partial charge < -0.3 is 4.52 Å². The third-order valence-corrected chi connectivity index (χ3v) is 1.84. The van der Waals surface area contributed by atoms with E-state index in [1.165, 1.54) is 5.56 Å². The first kappa shape index (κ1) is 8.31. The Morgan fingerprint density at radius 2 is 1.73 bits per heavy atom. The molecule has 0 fully saturated rings.